The molecule has 1 saturated heterocycles. The summed E-state index contributed by atoms with van der Waals surface area (Å²) in [6, 6.07) is 6.60. The summed E-state index contributed by atoms with van der Waals surface area (Å²) in [4.78, 5) is 13.0. The minimum atomic E-state index is -2.51. The maximum Gasteiger partial charge on any atom is 0.224 e. The van der Waals surface area contributed by atoms with Crippen molar-refractivity contribution in [2.45, 2.75) is 43.4 Å². The van der Waals surface area contributed by atoms with Crippen molar-refractivity contribution in [1.82, 2.24) is 0 Å². The summed E-state index contributed by atoms with van der Waals surface area (Å²) in [5.41, 5.74) is -0.492. The molecule has 10 heteroatoms. The van der Waals surface area contributed by atoms with Gasteiger partial charge in [-0.2, -0.15) is 0 Å². The van der Waals surface area contributed by atoms with Crippen molar-refractivity contribution in [3.63, 3.8) is 0 Å². The van der Waals surface area contributed by atoms with Crippen LogP contribution in [0.3, 0.4) is 0 Å². The van der Waals surface area contributed by atoms with Gasteiger partial charge in [0.15, 0.2) is 6.29 Å². The van der Waals surface area contributed by atoms with Crippen LogP contribution in [0.2, 0.25) is 0 Å². The fourth-order valence-electron chi connectivity index (χ4n) is 4.06. The molecule has 2 aromatic rings. The van der Waals surface area contributed by atoms with Crippen LogP contribution in [0.25, 0.3) is 0 Å². The van der Waals surface area contributed by atoms with Crippen LogP contribution in [0.5, 0.6) is 11.5 Å². The highest BCUT2D eigenvalue weighted by Crippen LogP contribution is 2.47. The molecule has 6 atom stereocenters. The summed E-state index contributed by atoms with van der Waals surface area (Å²) in [6.07, 6.45) is -8.29. The van der Waals surface area contributed by atoms with Crippen molar-refractivity contribution in [2.75, 3.05) is 6.61 Å². The molecule has 0 aromatic heterocycles. The molecule has 0 unspecified atom stereocenters. The van der Waals surface area contributed by atoms with Crippen LogP contribution in [0.1, 0.15) is 32.6 Å². The third-order valence-electron chi connectivity index (χ3n) is 5.62. The van der Waals surface area contributed by atoms with Gasteiger partial charge < -0.3 is 45.2 Å². The molecule has 31 heavy (non-hydrogen) atoms. The normalized spacial score (nSPS) is 32.5. The molecule has 0 amide bonds. The molecule has 7 N–H and O–H groups in total. The van der Waals surface area contributed by atoms with Crippen molar-refractivity contribution in [3.05, 3.63) is 58.1 Å². The lowest BCUT2D eigenvalue weighted by atomic mass is 9.79. The molecular weight excluding hydrogens is 412 g/mol. The van der Waals surface area contributed by atoms with Gasteiger partial charge in [-0.05, 0) is 30.7 Å². The monoisotopic (exact) mass is 434 g/mol. The Kier molecular flexibility index (Phi) is 5.26. The molecule has 0 saturated carbocycles. The lowest BCUT2D eigenvalue weighted by molar-refractivity contribution is -0.356. The number of phenolic OH excluding ortho intramolecular Hbond substituents is 2. The molecule has 0 radical (unpaired) electrons. The van der Waals surface area contributed by atoms with Gasteiger partial charge in [-0.15, -0.1) is 0 Å². The number of hydrogen-bond donors (Lipinski definition) is 7. The van der Waals surface area contributed by atoms with E-state index in [-0.39, 0.29) is 22.3 Å². The molecule has 0 spiro atoms. The molecule has 2 aromatic carbocycles. The number of hydrogen-bond acceptors (Lipinski definition) is 10. The Hall–Kier alpha value is -2.57. The Bertz CT molecular complexity index is 1040. The van der Waals surface area contributed by atoms with E-state index in [1.165, 1.54) is 30.3 Å². The molecule has 166 valence electrons. The second kappa shape index (κ2) is 7.53. The highest BCUT2D eigenvalue weighted by atomic mass is 16.8. The second-order valence-electron chi connectivity index (χ2n) is 7.69. The molecule has 0 bridgehead atoms. The molecule has 2 aliphatic rings. The van der Waals surface area contributed by atoms with Crippen LogP contribution in [-0.4, -0.2) is 78.8 Å². The molecule has 10 nitrogen and oxygen atoms in total. The molecular formula is C21H22O10. The first-order chi connectivity index (χ1) is 14.6. The van der Waals surface area contributed by atoms with Crippen molar-refractivity contribution in [1.29, 1.82) is 0 Å². The van der Waals surface area contributed by atoms with Crippen LogP contribution < -0.4 is 0 Å². The minimum Gasteiger partial charge on any atom is -0.507 e. The highest BCUT2D eigenvalue weighted by molar-refractivity contribution is 6.16. The predicted octanol–water partition coefficient (Wildman–Crippen LogP) is -1.04. The first kappa shape index (κ1) is 21.7. The van der Waals surface area contributed by atoms with E-state index in [4.69, 9.17) is 9.47 Å². The number of aliphatic hydroxyl groups is 5. The summed E-state index contributed by atoms with van der Waals surface area (Å²) in [5, 5.41) is 72.2. The van der Waals surface area contributed by atoms with Gasteiger partial charge >= 0.3 is 0 Å². The van der Waals surface area contributed by atoms with Crippen LogP contribution in [0, 0.1) is 6.92 Å². The van der Waals surface area contributed by atoms with E-state index in [0.29, 0.717) is 5.56 Å². The summed E-state index contributed by atoms with van der Waals surface area (Å²) in [7, 11) is 0. The number of benzene rings is 2. The average Bonchev–Trinajstić information content (AvgIpc) is 2.72. The van der Waals surface area contributed by atoms with E-state index in [1.807, 2.05) is 0 Å². The highest BCUT2D eigenvalue weighted by Gasteiger charge is 2.52. The zero-order valence-electron chi connectivity index (χ0n) is 16.3. The van der Waals surface area contributed by atoms with Gasteiger partial charge in [0.05, 0.1) is 17.7 Å². The summed E-state index contributed by atoms with van der Waals surface area (Å²) in [6.45, 7) is 0.895. The number of fused-ring (bicyclic) bond motifs is 2. The number of ketones is 1. The lowest BCUT2D eigenvalue weighted by Gasteiger charge is -2.44. The Labute approximate surface area is 176 Å². The van der Waals surface area contributed by atoms with Crippen molar-refractivity contribution >= 4 is 5.78 Å². The number of carbonyl (C=O) groups is 1. The van der Waals surface area contributed by atoms with Crippen molar-refractivity contribution in [3.8, 4) is 11.5 Å². The fraction of sp³-hybridized carbons (Fsp3) is 0.381. The first-order valence-corrected chi connectivity index (χ1v) is 9.52. The largest absolute Gasteiger partial charge is 0.507 e. The number of aromatic hydroxyl groups is 2. The van der Waals surface area contributed by atoms with Crippen LogP contribution in [-0.2, 0) is 15.3 Å². The van der Waals surface area contributed by atoms with Crippen LogP contribution >= 0.6 is 0 Å². The van der Waals surface area contributed by atoms with Crippen molar-refractivity contribution in [2.24, 2.45) is 0 Å². The van der Waals surface area contributed by atoms with Gasteiger partial charge in [0.2, 0.25) is 11.6 Å². The number of carbonyl (C=O) groups excluding carboxylic acids is 1. The minimum absolute atomic E-state index is 0.162. The number of phenols is 2. The quantitative estimate of drug-likeness (QED) is 0.295. The van der Waals surface area contributed by atoms with Crippen LogP contribution in [0.15, 0.2) is 30.3 Å². The Balaban J connectivity index is 1.89. The second-order valence-corrected chi connectivity index (χ2v) is 7.69. The van der Waals surface area contributed by atoms with Gasteiger partial charge in [0.25, 0.3) is 0 Å². The van der Waals surface area contributed by atoms with Crippen LogP contribution in [0.4, 0.5) is 0 Å². The topological polar surface area (TPSA) is 177 Å². The zero-order valence-corrected chi connectivity index (χ0v) is 16.3. The van der Waals surface area contributed by atoms with Gasteiger partial charge in [0, 0.05) is 11.1 Å². The summed E-state index contributed by atoms with van der Waals surface area (Å²) < 4.78 is 11.0. The molecule has 1 fully saturated rings. The van der Waals surface area contributed by atoms with E-state index >= 15 is 0 Å². The maximum absolute atomic E-state index is 13.0. The van der Waals surface area contributed by atoms with Gasteiger partial charge in [-0.1, -0.05) is 12.1 Å². The average molecular weight is 434 g/mol. The third kappa shape index (κ3) is 3.20. The lowest BCUT2D eigenvalue weighted by Crippen LogP contribution is -2.60. The number of ether oxygens (including phenoxy) is 2. The summed E-state index contributed by atoms with van der Waals surface area (Å²) >= 11 is 0. The molecule has 1 heterocycles. The molecule has 4 rings (SSSR count). The zero-order chi connectivity index (χ0) is 22.7. The van der Waals surface area contributed by atoms with E-state index in [1.54, 1.807) is 6.92 Å². The maximum atomic E-state index is 13.0. The first-order valence-electron chi connectivity index (χ1n) is 9.52. The van der Waals surface area contributed by atoms with Gasteiger partial charge in [0.1, 0.15) is 35.9 Å². The Morgan fingerprint density at radius 3 is 2.35 bits per heavy atom. The van der Waals surface area contributed by atoms with Gasteiger partial charge in [-0.3, -0.25) is 4.79 Å². The van der Waals surface area contributed by atoms with E-state index in [2.05, 4.69) is 0 Å². The fourth-order valence-corrected chi connectivity index (χ4v) is 4.06. The smallest absolute Gasteiger partial charge is 0.224 e. The predicted molar refractivity (Wildman–Crippen MR) is 102 cm³/mol. The van der Waals surface area contributed by atoms with Crippen molar-refractivity contribution < 1.29 is 50.0 Å². The SMILES string of the molecule is Cc1cc(O)c2c(c1)[C@](O)(O[C@@H]1O[C@H](CO)[C@@H](O)[C@H](O)[C@H]1O)c1cccc(O)c1C2=O. The number of rotatable bonds is 3. The Morgan fingerprint density at radius 1 is 1.00 bits per heavy atom. The van der Waals surface area contributed by atoms with E-state index in [9.17, 15) is 40.5 Å². The third-order valence-corrected chi connectivity index (χ3v) is 5.62. The molecule has 1 aliphatic heterocycles. The van der Waals surface area contributed by atoms with Gasteiger partial charge in [-0.25, -0.2) is 0 Å². The standard InChI is InChI=1S/C21H22O10/c1-8-5-10-15(12(24)6-8)17(26)14-9(3-2-4-11(14)23)21(10,29)31-20-19(28)18(27)16(25)13(7-22)30-20/h2-6,13,16,18-20,22-25,27-29H,7H2,1H3/t13-,16-,18+,19-,20+,21-/m1/s1. The number of aryl methyl sites for hydroxylation is 1. The molecule has 1 aliphatic carbocycles. The number of aliphatic hydroxyl groups excluding tert-OH is 4. The summed E-state index contributed by atoms with van der Waals surface area (Å²) in [5.74, 6) is -4.18. The van der Waals surface area contributed by atoms with E-state index < -0.39 is 60.4 Å². The van der Waals surface area contributed by atoms with E-state index in [0.717, 1.165) is 0 Å². The Morgan fingerprint density at radius 2 is 1.68 bits per heavy atom.